The highest BCUT2D eigenvalue weighted by Gasteiger charge is 2.11. The summed E-state index contributed by atoms with van der Waals surface area (Å²) in [6.45, 7) is 0.448. The van der Waals surface area contributed by atoms with Crippen LogP contribution in [-0.2, 0) is 6.61 Å². The Kier molecular flexibility index (Phi) is 6.19. The number of fused-ring (bicyclic) bond motifs is 1. The van der Waals surface area contributed by atoms with Crippen molar-refractivity contribution in [2.45, 2.75) is 6.61 Å². The lowest BCUT2D eigenvalue weighted by Crippen LogP contribution is -2.20. The maximum Gasteiger partial charge on any atom is 0.282 e. The van der Waals surface area contributed by atoms with Gasteiger partial charge in [-0.2, -0.15) is 9.78 Å². The van der Waals surface area contributed by atoms with E-state index < -0.39 is 0 Å². The lowest BCUT2D eigenvalue weighted by atomic mass is 10.2. The standard InChI is InChI=1S/C28H20ClN3O2/c29-23-14-10-21(11-15-23)19-34-24-16-12-20(13-17-24)18-30-32-27(22-6-2-1-3-7-22)31-26-9-5-4-8-25(26)28(32)33/h1-18H,19H2. The normalized spacial score (nSPS) is 11.2. The van der Waals surface area contributed by atoms with E-state index in [0.717, 1.165) is 22.4 Å². The minimum Gasteiger partial charge on any atom is -0.489 e. The zero-order chi connectivity index (χ0) is 23.3. The van der Waals surface area contributed by atoms with Gasteiger partial charge in [-0.3, -0.25) is 4.79 Å². The van der Waals surface area contributed by atoms with Gasteiger partial charge in [0.15, 0.2) is 5.82 Å². The van der Waals surface area contributed by atoms with Crippen molar-refractivity contribution in [3.63, 3.8) is 0 Å². The van der Waals surface area contributed by atoms with Gasteiger partial charge in [-0.05, 0) is 59.7 Å². The van der Waals surface area contributed by atoms with Crippen LogP contribution in [0.4, 0.5) is 0 Å². The Morgan fingerprint density at radius 3 is 2.32 bits per heavy atom. The van der Waals surface area contributed by atoms with Crippen LogP contribution in [0.5, 0.6) is 5.75 Å². The van der Waals surface area contributed by atoms with Crippen molar-refractivity contribution >= 4 is 28.7 Å². The summed E-state index contributed by atoms with van der Waals surface area (Å²) >= 11 is 5.92. The molecule has 0 aliphatic heterocycles. The molecule has 0 amide bonds. The van der Waals surface area contributed by atoms with E-state index in [1.54, 1.807) is 12.3 Å². The molecule has 4 aromatic carbocycles. The third kappa shape index (κ3) is 4.75. The van der Waals surface area contributed by atoms with Gasteiger partial charge in [0.25, 0.3) is 5.56 Å². The number of ether oxygens (including phenoxy) is 1. The molecule has 5 nitrogen and oxygen atoms in total. The predicted octanol–water partition coefficient (Wildman–Crippen LogP) is 6.18. The maximum atomic E-state index is 13.2. The van der Waals surface area contributed by atoms with E-state index in [9.17, 15) is 4.79 Å². The van der Waals surface area contributed by atoms with Crippen LogP contribution in [0.1, 0.15) is 11.1 Å². The largest absolute Gasteiger partial charge is 0.489 e. The van der Waals surface area contributed by atoms with E-state index in [-0.39, 0.29) is 5.56 Å². The summed E-state index contributed by atoms with van der Waals surface area (Å²) in [4.78, 5) is 17.9. The molecule has 0 bridgehead atoms. The van der Waals surface area contributed by atoms with Crippen molar-refractivity contribution in [1.29, 1.82) is 0 Å². The number of hydrogen-bond acceptors (Lipinski definition) is 4. The lowest BCUT2D eigenvalue weighted by molar-refractivity contribution is 0.306. The molecular formula is C28H20ClN3O2. The van der Waals surface area contributed by atoms with Gasteiger partial charge in [0.2, 0.25) is 0 Å². The minimum atomic E-state index is -0.219. The second kappa shape index (κ2) is 9.73. The summed E-state index contributed by atoms with van der Waals surface area (Å²) in [6.07, 6.45) is 1.65. The quantitative estimate of drug-likeness (QED) is 0.281. The number of hydrogen-bond donors (Lipinski definition) is 0. The highest BCUT2D eigenvalue weighted by atomic mass is 35.5. The fourth-order valence-electron chi connectivity index (χ4n) is 3.53. The molecule has 1 aromatic heterocycles. The van der Waals surface area contributed by atoms with Crippen molar-refractivity contribution in [2.24, 2.45) is 5.10 Å². The fraction of sp³-hybridized carbons (Fsp3) is 0.0357. The van der Waals surface area contributed by atoms with Crippen LogP contribution < -0.4 is 10.3 Å². The number of para-hydroxylation sites is 1. The molecule has 34 heavy (non-hydrogen) atoms. The average molecular weight is 466 g/mol. The number of rotatable bonds is 6. The van der Waals surface area contributed by atoms with Gasteiger partial charge in [0.05, 0.1) is 17.1 Å². The summed E-state index contributed by atoms with van der Waals surface area (Å²) in [7, 11) is 0. The highest BCUT2D eigenvalue weighted by Crippen LogP contribution is 2.19. The third-order valence-electron chi connectivity index (χ3n) is 5.31. The molecular weight excluding hydrogens is 446 g/mol. The molecule has 0 fully saturated rings. The first-order valence-corrected chi connectivity index (χ1v) is 11.1. The zero-order valence-corrected chi connectivity index (χ0v) is 18.9. The van der Waals surface area contributed by atoms with Gasteiger partial charge >= 0.3 is 0 Å². The van der Waals surface area contributed by atoms with E-state index >= 15 is 0 Å². The molecule has 0 atom stereocenters. The van der Waals surface area contributed by atoms with Gasteiger partial charge in [0, 0.05) is 10.6 Å². The minimum absolute atomic E-state index is 0.219. The summed E-state index contributed by atoms with van der Waals surface area (Å²) in [6, 6.07) is 31.9. The number of aromatic nitrogens is 2. The Morgan fingerprint density at radius 2 is 1.56 bits per heavy atom. The van der Waals surface area contributed by atoms with Crippen molar-refractivity contribution < 1.29 is 4.74 Å². The molecule has 5 rings (SSSR count). The van der Waals surface area contributed by atoms with Crippen LogP contribution in [0.3, 0.4) is 0 Å². The van der Waals surface area contributed by atoms with E-state index in [1.807, 2.05) is 97.1 Å². The molecule has 0 saturated heterocycles. The molecule has 0 N–H and O–H groups in total. The average Bonchev–Trinajstić information content (AvgIpc) is 2.89. The third-order valence-corrected chi connectivity index (χ3v) is 5.56. The zero-order valence-electron chi connectivity index (χ0n) is 18.1. The van der Waals surface area contributed by atoms with Crippen LogP contribution in [0.2, 0.25) is 5.02 Å². The molecule has 0 aliphatic carbocycles. The molecule has 0 spiro atoms. The van der Waals surface area contributed by atoms with Crippen LogP contribution in [-0.4, -0.2) is 15.9 Å². The second-order valence-electron chi connectivity index (χ2n) is 7.66. The topological polar surface area (TPSA) is 56.5 Å². The summed E-state index contributed by atoms with van der Waals surface area (Å²) in [5.41, 5.74) is 3.10. The Hall–Kier alpha value is -4.22. The highest BCUT2D eigenvalue weighted by molar-refractivity contribution is 6.30. The van der Waals surface area contributed by atoms with Gasteiger partial charge in [0.1, 0.15) is 12.4 Å². The Labute approximate surface area is 201 Å². The molecule has 6 heteroatoms. The first kappa shape index (κ1) is 21.6. The summed E-state index contributed by atoms with van der Waals surface area (Å²) in [5, 5.41) is 5.71. The number of nitrogens with zero attached hydrogens (tertiary/aromatic N) is 3. The molecule has 1 heterocycles. The van der Waals surface area contributed by atoms with Crippen LogP contribution in [0.15, 0.2) is 113 Å². The molecule has 0 aliphatic rings. The van der Waals surface area contributed by atoms with E-state index in [0.29, 0.717) is 28.4 Å². The van der Waals surface area contributed by atoms with Crippen molar-refractivity contribution in [3.8, 4) is 17.1 Å². The lowest BCUT2D eigenvalue weighted by Gasteiger charge is -2.09. The molecule has 166 valence electrons. The SMILES string of the molecule is O=c1c2ccccc2nc(-c2ccccc2)n1N=Cc1ccc(OCc2ccc(Cl)cc2)cc1. The van der Waals surface area contributed by atoms with Gasteiger partial charge in [-0.25, -0.2) is 4.98 Å². The number of benzene rings is 4. The predicted molar refractivity (Wildman–Crippen MR) is 137 cm³/mol. The molecule has 0 radical (unpaired) electrons. The van der Waals surface area contributed by atoms with E-state index in [2.05, 4.69) is 5.10 Å². The number of halogens is 1. The van der Waals surface area contributed by atoms with Crippen LogP contribution in [0, 0.1) is 0 Å². The smallest absolute Gasteiger partial charge is 0.282 e. The summed E-state index contributed by atoms with van der Waals surface area (Å²) in [5.74, 6) is 1.23. The fourth-order valence-corrected chi connectivity index (χ4v) is 3.65. The summed E-state index contributed by atoms with van der Waals surface area (Å²) < 4.78 is 7.19. The Bertz CT molecular complexity index is 1510. The Balaban J connectivity index is 1.42. The van der Waals surface area contributed by atoms with Crippen molar-refractivity contribution in [2.75, 3.05) is 0 Å². The van der Waals surface area contributed by atoms with Crippen LogP contribution >= 0.6 is 11.6 Å². The first-order chi connectivity index (χ1) is 16.7. The monoisotopic (exact) mass is 465 g/mol. The Morgan fingerprint density at radius 1 is 0.853 bits per heavy atom. The maximum absolute atomic E-state index is 13.2. The van der Waals surface area contributed by atoms with Gasteiger partial charge in [-0.1, -0.05) is 66.2 Å². The van der Waals surface area contributed by atoms with E-state index in [1.165, 1.54) is 4.68 Å². The second-order valence-corrected chi connectivity index (χ2v) is 8.10. The van der Waals surface area contributed by atoms with Gasteiger partial charge < -0.3 is 4.74 Å². The molecule has 0 saturated carbocycles. The van der Waals surface area contributed by atoms with Crippen molar-refractivity contribution in [1.82, 2.24) is 9.66 Å². The molecule has 0 unspecified atom stereocenters. The van der Waals surface area contributed by atoms with Crippen LogP contribution in [0.25, 0.3) is 22.3 Å². The van der Waals surface area contributed by atoms with E-state index in [4.69, 9.17) is 21.3 Å². The molecule has 5 aromatic rings. The first-order valence-electron chi connectivity index (χ1n) is 10.8. The van der Waals surface area contributed by atoms with Gasteiger partial charge in [-0.15, -0.1) is 0 Å². The van der Waals surface area contributed by atoms with Crippen molar-refractivity contribution in [3.05, 3.63) is 130 Å².